The number of aromatic nitrogens is 2. The minimum Gasteiger partial charge on any atom is -0.464 e. The number of nitrogens with one attached hydrogen (secondary N) is 4. The Balaban J connectivity index is 1.72. The molecule has 0 bridgehead atoms. The Bertz CT molecular complexity index is 1150. The maximum atomic E-state index is 13.5. The second kappa shape index (κ2) is 8.79. The number of benzene rings is 1. The lowest BCUT2D eigenvalue weighted by Gasteiger charge is -2.20. The zero-order valence-electron chi connectivity index (χ0n) is 14.6. The molecule has 0 saturated carbocycles. The minimum atomic E-state index is -4.22. The van der Waals surface area contributed by atoms with Crippen LogP contribution in [0.3, 0.4) is 0 Å². The molecular formula is C13H13BrFN7O7S. The highest BCUT2D eigenvalue weighted by Crippen LogP contribution is 2.23. The van der Waals surface area contributed by atoms with Crippen molar-refractivity contribution >= 4 is 37.9 Å². The first-order valence-corrected chi connectivity index (χ1v) is 10.2. The molecule has 1 aromatic carbocycles. The van der Waals surface area contributed by atoms with E-state index >= 15 is 0 Å². The molecule has 0 fully saturated rings. The zero-order valence-corrected chi connectivity index (χ0v) is 17.0. The molecule has 17 heteroatoms. The van der Waals surface area contributed by atoms with Crippen LogP contribution >= 0.6 is 15.9 Å². The van der Waals surface area contributed by atoms with Crippen LogP contribution in [-0.4, -0.2) is 47.5 Å². The van der Waals surface area contributed by atoms with Crippen molar-refractivity contribution in [1.29, 1.82) is 0 Å². The predicted octanol–water partition coefficient (Wildman–Crippen LogP) is -0.616. The van der Waals surface area contributed by atoms with E-state index in [9.17, 15) is 22.4 Å². The number of amides is 1. The smallest absolute Gasteiger partial charge is 0.446 e. The summed E-state index contributed by atoms with van der Waals surface area (Å²) in [5.74, 6) is -1.38. The molecule has 0 atom stereocenters. The third-order valence-corrected chi connectivity index (χ3v) is 5.09. The van der Waals surface area contributed by atoms with Crippen LogP contribution in [-0.2, 0) is 15.0 Å². The molecule has 1 aliphatic rings. The molecule has 3 rings (SSSR count). The van der Waals surface area contributed by atoms with Gasteiger partial charge in [-0.15, -0.1) is 0 Å². The molecule has 2 heterocycles. The van der Waals surface area contributed by atoms with Crippen molar-refractivity contribution in [2.24, 2.45) is 0 Å². The zero-order chi connectivity index (χ0) is 21.9. The van der Waals surface area contributed by atoms with Gasteiger partial charge in [0.1, 0.15) is 12.1 Å². The molecule has 0 spiro atoms. The van der Waals surface area contributed by atoms with E-state index in [2.05, 4.69) is 32.1 Å². The summed E-state index contributed by atoms with van der Waals surface area (Å²) in [4.78, 5) is 27.5. The van der Waals surface area contributed by atoms with Gasteiger partial charge in [0, 0.05) is 13.1 Å². The second-order valence-electron chi connectivity index (χ2n) is 5.47. The lowest BCUT2D eigenvalue weighted by molar-refractivity contribution is 0.00961. The van der Waals surface area contributed by atoms with Crippen LogP contribution in [0.15, 0.2) is 38.3 Å². The molecule has 14 nitrogen and oxygen atoms in total. The average molecular weight is 510 g/mol. The van der Waals surface area contributed by atoms with Crippen molar-refractivity contribution in [3.05, 3.63) is 51.1 Å². The quantitative estimate of drug-likeness (QED) is 0.286. The van der Waals surface area contributed by atoms with Crippen LogP contribution in [0.4, 0.5) is 9.18 Å². The average Bonchev–Trinajstić information content (AvgIpc) is 3.26. The summed E-state index contributed by atoms with van der Waals surface area (Å²) in [5.41, 5.74) is 5.57. The lowest BCUT2D eigenvalue weighted by atomic mass is 10.3. The maximum absolute atomic E-state index is 13.5. The molecule has 1 aromatic heterocycles. The highest BCUT2D eigenvalue weighted by molar-refractivity contribution is 9.10. The highest BCUT2D eigenvalue weighted by Gasteiger charge is 2.26. The van der Waals surface area contributed by atoms with Crippen LogP contribution in [0, 0.1) is 5.82 Å². The largest absolute Gasteiger partial charge is 0.464 e. The van der Waals surface area contributed by atoms with Crippen LogP contribution in [0.25, 0.3) is 11.4 Å². The Morgan fingerprint density at radius 2 is 2.13 bits per heavy atom. The molecule has 0 radical (unpaired) electrons. The van der Waals surface area contributed by atoms with E-state index < -0.39 is 27.9 Å². The second-order valence-corrected chi connectivity index (χ2v) is 7.82. The third-order valence-electron chi connectivity index (χ3n) is 3.46. The van der Waals surface area contributed by atoms with Crippen LogP contribution in [0.5, 0.6) is 0 Å². The summed E-state index contributed by atoms with van der Waals surface area (Å²) in [6.07, 6.45) is -0.540. The molecule has 5 N–H and O–H groups in total. The SMILES string of the molecule is O=C(O)NS(=O)(=O)NCCNN1NOC=C1c1noc(=O)n1-c1ccc(F)c(Br)c1. The van der Waals surface area contributed by atoms with Gasteiger partial charge in [-0.05, 0) is 34.1 Å². The Morgan fingerprint density at radius 1 is 1.37 bits per heavy atom. The van der Waals surface area contributed by atoms with Gasteiger partial charge in [-0.1, -0.05) is 10.7 Å². The van der Waals surface area contributed by atoms with Crippen LogP contribution in [0.2, 0.25) is 0 Å². The van der Waals surface area contributed by atoms with Gasteiger partial charge < -0.3 is 9.94 Å². The Hall–Kier alpha value is -2.99. The molecule has 162 valence electrons. The van der Waals surface area contributed by atoms with E-state index in [1.54, 1.807) is 0 Å². The van der Waals surface area contributed by atoms with E-state index in [0.29, 0.717) is 0 Å². The number of halogens is 2. The normalized spacial score (nSPS) is 13.8. The molecule has 1 amide bonds. The van der Waals surface area contributed by atoms with Gasteiger partial charge in [-0.3, -0.25) is 4.52 Å². The molecule has 0 aliphatic carbocycles. The minimum absolute atomic E-state index is 0.0101. The number of hydrogen-bond acceptors (Lipinski definition) is 10. The van der Waals surface area contributed by atoms with Gasteiger partial charge in [-0.2, -0.15) is 13.1 Å². The fraction of sp³-hybridized carbons (Fsp3) is 0.154. The summed E-state index contributed by atoms with van der Waals surface area (Å²) in [5, 5.41) is 13.3. The summed E-state index contributed by atoms with van der Waals surface area (Å²) in [6, 6.07) is 3.84. The Kier molecular flexibility index (Phi) is 6.37. The highest BCUT2D eigenvalue weighted by atomic mass is 79.9. The number of nitrogens with zero attached hydrogens (tertiary/aromatic N) is 3. The Labute approximate surface area is 175 Å². The van der Waals surface area contributed by atoms with Crippen molar-refractivity contribution in [3.8, 4) is 5.69 Å². The molecule has 2 aromatic rings. The van der Waals surface area contributed by atoms with Crippen molar-refractivity contribution in [2.75, 3.05) is 13.1 Å². The fourth-order valence-corrected chi connectivity index (χ4v) is 3.31. The monoisotopic (exact) mass is 509 g/mol. The number of rotatable bonds is 8. The molecule has 1 aliphatic heterocycles. The van der Waals surface area contributed by atoms with E-state index in [-0.39, 0.29) is 34.8 Å². The number of carboxylic acid groups (broad SMARTS) is 1. The van der Waals surface area contributed by atoms with E-state index in [4.69, 9.17) is 14.5 Å². The maximum Gasteiger partial charge on any atom is 0.446 e. The summed E-state index contributed by atoms with van der Waals surface area (Å²) < 4.78 is 45.5. The first-order valence-electron chi connectivity index (χ1n) is 7.88. The van der Waals surface area contributed by atoms with Crippen LogP contribution < -0.4 is 26.2 Å². The van der Waals surface area contributed by atoms with Gasteiger partial charge >= 0.3 is 22.1 Å². The summed E-state index contributed by atoms with van der Waals surface area (Å²) >= 11 is 3.04. The Morgan fingerprint density at radius 3 is 2.83 bits per heavy atom. The van der Waals surface area contributed by atoms with E-state index in [1.165, 1.54) is 28.2 Å². The van der Waals surface area contributed by atoms with Crippen molar-refractivity contribution < 1.29 is 32.1 Å². The van der Waals surface area contributed by atoms with E-state index in [1.807, 2.05) is 4.72 Å². The van der Waals surface area contributed by atoms with Gasteiger partial charge in [0.05, 0.1) is 10.2 Å². The molecule has 0 unspecified atom stereocenters. The third kappa shape index (κ3) is 4.94. The summed E-state index contributed by atoms with van der Waals surface area (Å²) in [7, 11) is -4.22. The molecule has 0 saturated heterocycles. The van der Waals surface area contributed by atoms with Gasteiger partial charge in [0.25, 0.3) is 0 Å². The lowest BCUT2D eigenvalue weighted by Crippen LogP contribution is -2.47. The van der Waals surface area contributed by atoms with Crippen LogP contribution in [0.1, 0.15) is 5.82 Å². The fourth-order valence-electron chi connectivity index (χ4n) is 2.27. The van der Waals surface area contributed by atoms with Gasteiger partial charge in [0.15, 0.2) is 5.70 Å². The van der Waals surface area contributed by atoms with E-state index in [0.717, 1.165) is 10.6 Å². The first-order chi connectivity index (χ1) is 14.2. The number of hydrazine groups is 2. The van der Waals surface area contributed by atoms with Gasteiger partial charge in [-0.25, -0.2) is 33.8 Å². The number of carbonyl (C=O) groups is 1. The number of hydrogen-bond donors (Lipinski definition) is 5. The van der Waals surface area contributed by atoms with Gasteiger partial charge in [0.2, 0.25) is 5.82 Å². The first kappa shape index (κ1) is 21.7. The van der Waals surface area contributed by atoms with Crippen molar-refractivity contribution in [1.82, 2.24) is 35.3 Å². The standard InChI is InChI=1S/C13H13BrFN7O7S/c14-8-5-7(1-2-9(8)15)21-11(18-29-13(21)25)10-6-28-20-22(10)16-3-4-17-30(26,27)19-12(23)24/h1-2,5-6,16-17,19-20H,3-4H2,(H,23,24). The van der Waals surface area contributed by atoms with Crippen molar-refractivity contribution in [3.63, 3.8) is 0 Å². The molecular weight excluding hydrogens is 497 g/mol. The predicted molar refractivity (Wildman–Crippen MR) is 99.9 cm³/mol. The summed E-state index contributed by atoms with van der Waals surface area (Å²) in [6.45, 7) is -0.233. The molecule has 30 heavy (non-hydrogen) atoms. The topological polar surface area (TPSA) is 180 Å². The van der Waals surface area contributed by atoms with Crippen molar-refractivity contribution in [2.45, 2.75) is 0 Å².